The standard InChI is InChI=1S/C22H21F3N4O2.C2H6/c1-14-4-2-3-5-17(14)12-29-11-10-18(13-29)26-20(30)16-8-6-15(7-9-16)19-27-21(31-28-19)22(23,24)25;1-2/h2-9,18H,10-13H2,1H3,(H,26,30);1-2H3. The van der Waals surface area contributed by atoms with Gasteiger partial charge in [0.1, 0.15) is 0 Å². The number of rotatable bonds is 5. The number of carbonyl (C=O) groups is 1. The van der Waals surface area contributed by atoms with Crippen molar-refractivity contribution in [3.63, 3.8) is 0 Å². The van der Waals surface area contributed by atoms with Crippen molar-refractivity contribution < 1.29 is 22.5 Å². The van der Waals surface area contributed by atoms with Crippen LogP contribution in [0.1, 0.15) is 47.6 Å². The molecule has 0 saturated carbocycles. The first-order chi connectivity index (χ1) is 15.8. The summed E-state index contributed by atoms with van der Waals surface area (Å²) < 4.78 is 42.0. The molecular weight excluding hydrogens is 433 g/mol. The van der Waals surface area contributed by atoms with E-state index in [2.05, 4.69) is 43.9 Å². The molecule has 1 aliphatic rings. The Labute approximate surface area is 190 Å². The van der Waals surface area contributed by atoms with Crippen LogP contribution in [-0.2, 0) is 12.7 Å². The Balaban J connectivity index is 0.00000149. The quantitative estimate of drug-likeness (QED) is 0.574. The molecule has 176 valence electrons. The summed E-state index contributed by atoms with van der Waals surface area (Å²) in [4.78, 5) is 18.2. The first-order valence-electron chi connectivity index (χ1n) is 10.9. The first kappa shape index (κ1) is 24.4. The van der Waals surface area contributed by atoms with E-state index in [1.165, 1.54) is 35.4 Å². The monoisotopic (exact) mass is 460 g/mol. The lowest BCUT2D eigenvalue weighted by Crippen LogP contribution is -2.37. The summed E-state index contributed by atoms with van der Waals surface area (Å²) >= 11 is 0. The Morgan fingerprint density at radius 2 is 1.85 bits per heavy atom. The molecule has 0 radical (unpaired) electrons. The summed E-state index contributed by atoms with van der Waals surface area (Å²) in [6.07, 6.45) is -3.84. The van der Waals surface area contributed by atoms with E-state index in [4.69, 9.17) is 0 Å². The number of nitrogens with zero attached hydrogens (tertiary/aromatic N) is 3. The minimum Gasteiger partial charge on any atom is -0.348 e. The maximum atomic E-state index is 12.6. The third kappa shape index (κ3) is 6.19. The van der Waals surface area contributed by atoms with Gasteiger partial charge in [-0.15, -0.1) is 0 Å². The fourth-order valence-corrected chi connectivity index (χ4v) is 3.62. The van der Waals surface area contributed by atoms with Gasteiger partial charge in [0, 0.05) is 36.8 Å². The molecule has 1 unspecified atom stereocenters. The molecular formula is C24H27F3N4O2. The first-order valence-corrected chi connectivity index (χ1v) is 10.9. The van der Waals surface area contributed by atoms with E-state index >= 15 is 0 Å². The number of aromatic nitrogens is 2. The van der Waals surface area contributed by atoms with Gasteiger partial charge < -0.3 is 9.84 Å². The van der Waals surface area contributed by atoms with Gasteiger partial charge in [0.2, 0.25) is 5.82 Å². The molecule has 2 aromatic carbocycles. The van der Waals surface area contributed by atoms with Crippen molar-refractivity contribution in [1.82, 2.24) is 20.4 Å². The van der Waals surface area contributed by atoms with Crippen LogP contribution >= 0.6 is 0 Å². The minimum absolute atomic E-state index is 0.0442. The molecule has 2 heterocycles. The molecule has 1 fully saturated rings. The van der Waals surface area contributed by atoms with Crippen LogP contribution < -0.4 is 5.32 Å². The third-order valence-electron chi connectivity index (χ3n) is 5.34. The number of halogens is 3. The number of hydrogen-bond acceptors (Lipinski definition) is 5. The predicted octanol–water partition coefficient (Wildman–Crippen LogP) is 5.09. The highest BCUT2D eigenvalue weighted by molar-refractivity contribution is 5.94. The highest BCUT2D eigenvalue weighted by atomic mass is 19.4. The molecule has 1 aliphatic heterocycles. The maximum absolute atomic E-state index is 12.6. The third-order valence-corrected chi connectivity index (χ3v) is 5.34. The van der Waals surface area contributed by atoms with Gasteiger partial charge in [-0.1, -0.05) is 55.4 Å². The van der Waals surface area contributed by atoms with Crippen LogP contribution in [0.25, 0.3) is 11.4 Å². The van der Waals surface area contributed by atoms with Gasteiger partial charge in [0.15, 0.2) is 0 Å². The van der Waals surface area contributed by atoms with Crippen molar-refractivity contribution in [2.75, 3.05) is 13.1 Å². The largest absolute Gasteiger partial charge is 0.471 e. The van der Waals surface area contributed by atoms with Crippen molar-refractivity contribution in [1.29, 1.82) is 0 Å². The van der Waals surface area contributed by atoms with Gasteiger partial charge in [-0.2, -0.15) is 18.2 Å². The fraction of sp³-hybridized carbons (Fsp3) is 0.375. The summed E-state index contributed by atoms with van der Waals surface area (Å²) in [5, 5.41) is 6.38. The van der Waals surface area contributed by atoms with Crippen LogP contribution in [0, 0.1) is 6.92 Å². The van der Waals surface area contributed by atoms with E-state index in [0.717, 1.165) is 26.1 Å². The molecule has 0 bridgehead atoms. The number of nitrogens with one attached hydrogen (secondary N) is 1. The average Bonchev–Trinajstić information content (AvgIpc) is 3.47. The molecule has 4 rings (SSSR count). The summed E-state index contributed by atoms with van der Waals surface area (Å²) in [6.45, 7) is 8.60. The van der Waals surface area contributed by atoms with Crippen LogP contribution in [0.2, 0.25) is 0 Å². The van der Waals surface area contributed by atoms with Crippen molar-refractivity contribution in [2.24, 2.45) is 0 Å². The number of alkyl halides is 3. The van der Waals surface area contributed by atoms with Crippen molar-refractivity contribution >= 4 is 5.91 Å². The van der Waals surface area contributed by atoms with Gasteiger partial charge in [-0.25, -0.2) is 0 Å². The van der Waals surface area contributed by atoms with E-state index in [9.17, 15) is 18.0 Å². The number of benzene rings is 2. The SMILES string of the molecule is CC.Cc1ccccc1CN1CCC(NC(=O)c2ccc(-c3noc(C(F)(F)F)n3)cc2)C1. The Bertz CT molecular complexity index is 1060. The van der Waals surface area contributed by atoms with Crippen LogP contribution in [-0.4, -0.2) is 40.1 Å². The summed E-state index contributed by atoms with van der Waals surface area (Å²) in [6, 6.07) is 14.4. The second kappa shape index (κ2) is 10.6. The molecule has 0 spiro atoms. The summed E-state index contributed by atoms with van der Waals surface area (Å²) in [7, 11) is 0. The molecule has 0 aliphatic carbocycles. The highest BCUT2D eigenvalue weighted by Crippen LogP contribution is 2.29. The number of likely N-dealkylation sites (tertiary alicyclic amines) is 1. The zero-order valence-corrected chi connectivity index (χ0v) is 18.8. The van der Waals surface area contributed by atoms with Gasteiger partial charge in [0.25, 0.3) is 5.91 Å². The van der Waals surface area contributed by atoms with Gasteiger partial charge in [-0.05, 0) is 36.6 Å². The second-order valence-electron chi connectivity index (χ2n) is 7.62. The maximum Gasteiger partial charge on any atom is 0.471 e. The van der Waals surface area contributed by atoms with Gasteiger partial charge in [0.05, 0.1) is 0 Å². The van der Waals surface area contributed by atoms with E-state index < -0.39 is 12.1 Å². The highest BCUT2D eigenvalue weighted by Gasteiger charge is 2.38. The van der Waals surface area contributed by atoms with Crippen LogP contribution in [0.5, 0.6) is 0 Å². The van der Waals surface area contributed by atoms with E-state index in [1.54, 1.807) is 0 Å². The zero-order chi connectivity index (χ0) is 24.0. The number of amides is 1. The second-order valence-corrected chi connectivity index (χ2v) is 7.62. The zero-order valence-electron chi connectivity index (χ0n) is 18.8. The van der Waals surface area contributed by atoms with E-state index in [-0.39, 0.29) is 17.8 Å². The van der Waals surface area contributed by atoms with Gasteiger partial charge in [-0.3, -0.25) is 9.69 Å². The molecule has 1 saturated heterocycles. The van der Waals surface area contributed by atoms with Crippen molar-refractivity contribution in [2.45, 2.75) is 46.0 Å². The van der Waals surface area contributed by atoms with E-state index in [1.807, 2.05) is 26.0 Å². The molecule has 33 heavy (non-hydrogen) atoms. The lowest BCUT2D eigenvalue weighted by molar-refractivity contribution is -0.159. The number of aryl methyl sites for hydroxylation is 1. The molecule has 1 N–H and O–H groups in total. The molecule has 1 atom stereocenters. The lowest BCUT2D eigenvalue weighted by atomic mass is 10.1. The smallest absolute Gasteiger partial charge is 0.348 e. The van der Waals surface area contributed by atoms with Crippen LogP contribution in [0.3, 0.4) is 0 Å². The predicted molar refractivity (Wildman–Crippen MR) is 118 cm³/mol. The van der Waals surface area contributed by atoms with Crippen molar-refractivity contribution in [3.05, 3.63) is 71.1 Å². The van der Waals surface area contributed by atoms with Gasteiger partial charge >= 0.3 is 12.1 Å². The Morgan fingerprint density at radius 3 is 2.48 bits per heavy atom. The Morgan fingerprint density at radius 1 is 1.15 bits per heavy atom. The normalized spacial score (nSPS) is 16.2. The molecule has 1 aromatic heterocycles. The number of hydrogen-bond donors (Lipinski definition) is 1. The Kier molecular flexibility index (Phi) is 7.86. The Hall–Kier alpha value is -3.20. The average molecular weight is 461 g/mol. The van der Waals surface area contributed by atoms with Crippen LogP contribution in [0.15, 0.2) is 53.1 Å². The molecule has 9 heteroatoms. The number of carbonyl (C=O) groups excluding carboxylic acids is 1. The molecule has 1 amide bonds. The summed E-state index contributed by atoms with van der Waals surface area (Å²) in [5.41, 5.74) is 3.28. The minimum atomic E-state index is -4.69. The van der Waals surface area contributed by atoms with Crippen molar-refractivity contribution in [3.8, 4) is 11.4 Å². The van der Waals surface area contributed by atoms with E-state index in [0.29, 0.717) is 11.1 Å². The topological polar surface area (TPSA) is 71.3 Å². The lowest BCUT2D eigenvalue weighted by Gasteiger charge is -2.18. The summed E-state index contributed by atoms with van der Waals surface area (Å²) in [5.74, 6) is -1.80. The fourth-order valence-electron chi connectivity index (χ4n) is 3.62. The molecule has 6 nitrogen and oxygen atoms in total. The van der Waals surface area contributed by atoms with Crippen LogP contribution in [0.4, 0.5) is 13.2 Å². The molecule has 3 aromatic rings.